The fourth-order valence-corrected chi connectivity index (χ4v) is 3.64. The van der Waals surface area contributed by atoms with Gasteiger partial charge in [-0.3, -0.25) is 0 Å². The van der Waals surface area contributed by atoms with Crippen molar-refractivity contribution in [3.8, 4) is 0 Å². The van der Waals surface area contributed by atoms with E-state index >= 15 is 0 Å². The average Bonchev–Trinajstić information content (AvgIpc) is 2.70. The van der Waals surface area contributed by atoms with Crippen molar-refractivity contribution in [1.29, 1.82) is 0 Å². The monoisotopic (exact) mass is 349 g/mol. The van der Waals surface area contributed by atoms with Crippen LogP contribution in [0.4, 0.5) is 5.69 Å². The Morgan fingerprint density at radius 3 is 2.20 bits per heavy atom. The third-order valence-electron chi connectivity index (χ3n) is 3.93. The van der Waals surface area contributed by atoms with Gasteiger partial charge in [-0.2, -0.15) is 0 Å². The highest BCUT2D eigenvalue weighted by Crippen LogP contribution is 2.29. The van der Waals surface area contributed by atoms with Crippen molar-refractivity contribution in [2.24, 2.45) is 0 Å². The van der Waals surface area contributed by atoms with Gasteiger partial charge in [0.25, 0.3) is 0 Å². The molecule has 0 N–H and O–H groups in total. The van der Waals surface area contributed by atoms with Crippen LogP contribution in [0.15, 0.2) is 46.9 Å². The molecule has 104 valence electrons. The van der Waals surface area contributed by atoms with Gasteiger partial charge in [0.05, 0.1) is 5.69 Å². The van der Waals surface area contributed by atoms with Crippen LogP contribution in [0.1, 0.15) is 16.7 Å². The van der Waals surface area contributed by atoms with E-state index in [1.165, 1.54) is 16.8 Å². The Balaban J connectivity index is 1.83. The molecule has 1 aliphatic rings. The van der Waals surface area contributed by atoms with E-state index < -0.39 is 0 Å². The summed E-state index contributed by atoms with van der Waals surface area (Å²) in [5, 5.41) is 0. The van der Waals surface area contributed by atoms with Crippen molar-refractivity contribution < 1.29 is 0 Å². The number of anilines is 1. The van der Waals surface area contributed by atoms with E-state index in [-0.39, 0.29) is 0 Å². The smallest absolute Gasteiger partial charge is 0.0511 e. The third-order valence-corrected chi connectivity index (χ3v) is 4.87. The summed E-state index contributed by atoms with van der Waals surface area (Å²) in [4.78, 5) is 2.46. The average molecular weight is 351 g/mol. The molecule has 0 saturated carbocycles. The van der Waals surface area contributed by atoms with Gasteiger partial charge < -0.3 is 4.90 Å². The standard InChI is InChI=1S/C17H17BrClN/c18-16-11-13(12-19)5-6-17(16)20-9-7-14-3-1-2-4-15(14)8-10-20/h1-6,11H,7-10,12H2. The molecule has 2 aromatic carbocycles. The minimum atomic E-state index is 0.560. The van der Waals surface area contributed by atoms with Crippen molar-refractivity contribution in [2.75, 3.05) is 18.0 Å². The van der Waals surface area contributed by atoms with Crippen LogP contribution in [0.5, 0.6) is 0 Å². The van der Waals surface area contributed by atoms with Crippen molar-refractivity contribution in [2.45, 2.75) is 18.7 Å². The van der Waals surface area contributed by atoms with E-state index in [2.05, 4.69) is 63.3 Å². The second-order valence-corrected chi connectivity index (χ2v) is 6.30. The Morgan fingerprint density at radius 2 is 1.65 bits per heavy atom. The maximum absolute atomic E-state index is 5.89. The van der Waals surface area contributed by atoms with E-state index in [0.717, 1.165) is 36.0 Å². The first-order valence-electron chi connectivity index (χ1n) is 6.94. The fourth-order valence-electron chi connectivity index (χ4n) is 2.80. The lowest BCUT2D eigenvalue weighted by Gasteiger charge is -2.24. The number of alkyl halides is 1. The molecule has 0 saturated heterocycles. The molecule has 0 spiro atoms. The predicted molar refractivity (Wildman–Crippen MR) is 89.8 cm³/mol. The molecular weight excluding hydrogens is 334 g/mol. The lowest BCUT2D eigenvalue weighted by atomic mass is 10.0. The van der Waals surface area contributed by atoms with Crippen LogP contribution >= 0.6 is 27.5 Å². The summed E-state index contributed by atoms with van der Waals surface area (Å²) in [7, 11) is 0. The van der Waals surface area contributed by atoms with Gasteiger partial charge in [0.15, 0.2) is 0 Å². The zero-order valence-electron chi connectivity index (χ0n) is 11.3. The van der Waals surface area contributed by atoms with Crippen molar-refractivity contribution in [3.05, 3.63) is 63.6 Å². The second-order valence-electron chi connectivity index (χ2n) is 5.18. The summed E-state index contributed by atoms with van der Waals surface area (Å²) in [6.07, 6.45) is 2.22. The molecule has 0 radical (unpaired) electrons. The van der Waals surface area contributed by atoms with Gasteiger partial charge >= 0.3 is 0 Å². The number of rotatable bonds is 2. The Labute approximate surface area is 133 Å². The zero-order chi connectivity index (χ0) is 13.9. The van der Waals surface area contributed by atoms with Gasteiger partial charge in [-0.1, -0.05) is 30.3 Å². The number of fused-ring (bicyclic) bond motifs is 1. The minimum absolute atomic E-state index is 0.560. The number of benzene rings is 2. The Hall–Kier alpha value is -0.990. The van der Waals surface area contributed by atoms with Crippen LogP contribution in [0.2, 0.25) is 0 Å². The number of hydrogen-bond acceptors (Lipinski definition) is 1. The van der Waals surface area contributed by atoms with Crippen molar-refractivity contribution >= 4 is 33.2 Å². The SMILES string of the molecule is ClCc1ccc(N2CCc3ccccc3CC2)c(Br)c1. The van der Waals surface area contributed by atoms with Gasteiger partial charge in [-0.05, 0) is 57.6 Å². The molecule has 2 aromatic rings. The third kappa shape index (κ3) is 2.87. The number of hydrogen-bond donors (Lipinski definition) is 0. The number of halogens is 2. The molecule has 3 rings (SSSR count). The number of nitrogens with zero attached hydrogens (tertiary/aromatic N) is 1. The lowest BCUT2D eigenvalue weighted by molar-refractivity contribution is 0.803. The van der Waals surface area contributed by atoms with E-state index in [9.17, 15) is 0 Å². The van der Waals surface area contributed by atoms with Crippen LogP contribution < -0.4 is 4.90 Å². The van der Waals surface area contributed by atoms with Crippen molar-refractivity contribution in [1.82, 2.24) is 0 Å². The topological polar surface area (TPSA) is 3.24 Å². The first kappa shape index (κ1) is 14.0. The molecule has 0 aromatic heterocycles. The Bertz CT molecular complexity index is 585. The summed E-state index contributed by atoms with van der Waals surface area (Å²) in [6.45, 7) is 2.13. The summed E-state index contributed by atoms with van der Waals surface area (Å²) in [5.74, 6) is 0.560. The first-order chi connectivity index (χ1) is 9.78. The van der Waals surface area contributed by atoms with Crippen LogP contribution in [0, 0.1) is 0 Å². The molecule has 0 fully saturated rings. The summed E-state index contributed by atoms with van der Waals surface area (Å²) in [5.41, 5.74) is 5.40. The van der Waals surface area contributed by atoms with Crippen LogP contribution in [-0.2, 0) is 18.7 Å². The van der Waals surface area contributed by atoms with E-state index in [1.54, 1.807) is 0 Å². The Kier molecular flexibility index (Phi) is 4.32. The van der Waals surface area contributed by atoms with Gasteiger partial charge in [0.1, 0.15) is 0 Å². The van der Waals surface area contributed by atoms with E-state index in [4.69, 9.17) is 11.6 Å². The van der Waals surface area contributed by atoms with Crippen LogP contribution in [0.3, 0.4) is 0 Å². The molecule has 20 heavy (non-hydrogen) atoms. The van der Waals surface area contributed by atoms with Crippen molar-refractivity contribution in [3.63, 3.8) is 0 Å². The molecule has 1 heterocycles. The van der Waals surface area contributed by atoms with Gasteiger partial charge in [0, 0.05) is 23.4 Å². The second kappa shape index (κ2) is 6.19. The predicted octanol–water partition coefficient (Wildman–Crippen LogP) is 4.79. The zero-order valence-corrected chi connectivity index (χ0v) is 13.6. The highest BCUT2D eigenvalue weighted by Gasteiger charge is 2.15. The molecule has 0 bridgehead atoms. The maximum atomic E-state index is 5.89. The molecule has 0 aliphatic carbocycles. The molecule has 0 atom stereocenters. The quantitative estimate of drug-likeness (QED) is 0.704. The molecule has 3 heteroatoms. The summed E-state index contributed by atoms with van der Waals surface area (Å²) < 4.78 is 1.14. The van der Waals surface area contributed by atoms with Crippen LogP contribution in [-0.4, -0.2) is 13.1 Å². The maximum Gasteiger partial charge on any atom is 0.0511 e. The largest absolute Gasteiger partial charge is 0.370 e. The normalized spacial score (nSPS) is 14.8. The molecule has 1 nitrogen and oxygen atoms in total. The lowest BCUT2D eigenvalue weighted by Crippen LogP contribution is -2.26. The molecular formula is C17H17BrClN. The van der Waals surface area contributed by atoms with Crippen LogP contribution in [0.25, 0.3) is 0 Å². The molecule has 0 unspecified atom stereocenters. The highest BCUT2D eigenvalue weighted by atomic mass is 79.9. The minimum Gasteiger partial charge on any atom is -0.370 e. The van der Waals surface area contributed by atoms with E-state index in [1.807, 2.05) is 0 Å². The molecule has 1 aliphatic heterocycles. The van der Waals surface area contributed by atoms with E-state index in [0.29, 0.717) is 5.88 Å². The van der Waals surface area contributed by atoms with Gasteiger partial charge in [0.2, 0.25) is 0 Å². The first-order valence-corrected chi connectivity index (χ1v) is 8.27. The molecule has 0 amide bonds. The van der Waals surface area contributed by atoms with Gasteiger partial charge in [-0.15, -0.1) is 11.6 Å². The van der Waals surface area contributed by atoms with Gasteiger partial charge in [-0.25, -0.2) is 0 Å². The summed E-state index contributed by atoms with van der Waals surface area (Å²) >= 11 is 9.57. The summed E-state index contributed by atoms with van der Waals surface area (Å²) in [6, 6.07) is 15.2. The Morgan fingerprint density at radius 1 is 1.00 bits per heavy atom. The fraction of sp³-hybridized carbons (Fsp3) is 0.294. The highest BCUT2D eigenvalue weighted by molar-refractivity contribution is 9.10.